The molecule has 5 heteroatoms. The van der Waals surface area contributed by atoms with Crippen molar-refractivity contribution >= 4 is 23.1 Å². The predicted octanol–water partition coefficient (Wildman–Crippen LogP) is 2.46. The van der Waals surface area contributed by atoms with Crippen LogP contribution in [0.15, 0.2) is 12.1 Å². The van der Waals surface area contributed by atoms with Crippen molar-refractivity contribution < 1.29 is 8.78 Å². The maximum absolute atomic E-state index is 13.4. The van der Waals surface area contributed by atoms with Gasteiger partial charge in [-0.05, 0) is 24.3 Å². The van der Waals surface area contributed by atoms with Crippen molar-refractivity contribution in [1.82, 2.24) is 0 Å². The third kappa shape index (κ3) is 2.34. The molecule has 0 aliphatic carbocycles. The molecule has 1 aromatic carbocycles. The van der Waals surface area contributed by atoms with Crippen LogP contribution in [0.4, 0.5) is 20.2 Å². The van der Waals surface area contributed by atoms with E-state index in [2.05, 4.69) is 5.32 Å². The van der Waals surface area contributed by atoms with E-state index >= 15 is 0 Å². The topological polar surface area (TPSA) is 38.0 Å². The molecule has 1 saturated heterocycles. The number of benzene rings is 1. The van der Waals surface area contributed by atoms with Gasteiger partial charge in [-0.1, -0.05) is 0 Å². The highest BCUT2D eigenvalue weighted by atomic mass is 32.2. The van der Waals surface area contributed by atoms with E-state index in [1.54, 1.807) is 11.8 Å². The quantitative estimate of drug-likeness (QED) is 0.766. The summed E-state index contributed by atoms with van der Waals surface area (Å²) in [5.74, 6) is 0.688. The summed E-state index contributed by atoms with van der Waals surface area (Å²) in [6.45, 7) is 0. The van der Waals surface area contributed by atoms with E-state index in [4.69, 9.17) is 5.73 Å². The fourth-order valence-electron chi connectivity index (χ4n) is 1.58. The van der Waals surface area contributed by atoms with E-state index in [1.165, 1.54) is 0 Å². The first kappa shape index (κ1) is 10.5. The van der Waals surface area contributed by atoms with E-state index in [9.17, 15) is 8.78 Å². The molecular formula is C10H12F2N2S. The molecule has 1 fully saturated rings. The zero-order valence-electron chi connectivity index (χ0n) is 8.09. The van der Waals surface area contributed by atoms with Crippen molar-refractivity contribution in [2.75, 3.05) is 22.6 Å². The number of anilines is 2. The smallest absolute Gasteiger partial charge is 0.151 e. The van der Waals surface area contributed by atoms with Crippen molar-refractivity contribution in [2.45, 2.75) is 12.5 Å². The molecule has 0 aromatic heterocycles. The molecule has 0 bridgehead atoms. The van der Waals surface area contributed by atoms with Gasteiger partial charge in [0.25, 0.3) is 0 Å². The molecule has 1 aliphatic heterocycles. The standard InChI is InChI=1S/C10H12F2N2S/c11-8-3-6(13)4-9(12)10(8)14-7-1-2-15-5-7/h3-4,7,14H,1-2,5,13H2. The molecule has 1 atom stereocenters. The molecule has 1 heterocycles. The van der Waals surface area contributed by atoms with Crippen LogP contribution in [-0.4, -0.2) is 17.5 Å². The van der Waals surface area contributed by atoms with Crippen LogP contribution >= 0.6 is 11.8 Å². The van der Waals surface area contributed by atoms with Gasteiger partial charge < -0.3 is 11.1 Å². The summed E-state index contributed by atoms with van der Waals surface area (Å²) < 4.78 is 26.8. The van der Waals surface area contributed by atoms with Crippen molar-refractivity contribution in [3.63, 3.8) is 0 Å². The number of rotatable bonds is 2. The van der Waals surface area contributed by atoms with Gasteiger partial charge in [0, 0.05) is 17.5 Å². The number of halogens is 2. The van der Waals surface area contributed by atoms with Gasteiger partial charge >= 0.3 is 0 Å². The average Bonchev–Trinajstić information content (AvgIpc) is 2.63. The third-order valence-electron chi connectivity index (χ3n) is 2.34. The molecule has 0 spiro atoms. The maximum Gasteiger partial charge on any atom is 0.151 e. The number of nitrogen functional groups attached to an aromatic ring is 1. The lowest BCUT2D eigenvalue weighted by Crippen LogP contribution is -2.20. The van der Waals surface area contributed by atoms with E-state index in [0.29, 0.717) is 0 Å². The Labute approximate surface area is 91.2 Å². The van der Waals surface area contributed by atoms with Gasteiger partial charge in [0.05, 0.1) is 0 Å². The van der Waals surface area contributed by atoms with Gasteiger partial charge in [0.2, 0.25) is 0 Å². The number of nitrogens with two attached hydrogens (primary N) is 1. The van der Waals surface area contributed by atoms with Crippen molar-refractivity contribution in [1.29, 1.82) is 0 Å². The predicted molar refractivity (Wildman–Crippen MR) is 60.1 cm³/mol. The van der Waals surface area contributed by atoms with Crippen LogP contribution in [0.1, 0.15) is 6.42 Å². The Hall–Kier alpha value is -0.970. The molecule has 2 rings (SSSR count). The lowest BCUT2D eigenvalue weighted by atomic mass is 10.2. The first-order valence-electron chi connectivity index (χ1n) is 4.75. The minimum absolute atomic E-state index is 0.0586. The fourth-order valence-corrected chi connectivity index (χ4v) is 2.74. The molecular weight excluding hydrogens is 218 g/mol. The number of hydrogen-bond acceptors (Lipinski definition) is 3. The zero-order chi connectivity index (χ0) is 10.8. The summed E-state index contributed by atoms with van der Waals surface area (Å²) in [5.41, 5.74) is 5.37. The Morgan fingerprint density at radius 2 is 2.00 bits per heavy atom. The molecule has 0 radical (unpaired) electrons. The molecule has 15 heavy (non-hydrogen) atoms. The number of hydrogen-bond donors (Lipinski definition) is 2. The van der Waals surface area contributed by atoms with Gasteiger partial charge in [-0.2, -0.15) is 11.8 Å². The largest absolute Gasteiger partial charge is 0.399 e. The summed E-state index contributed by atoms with van der Waals surface area (Å²) in [7, 11) is 0. The van der Waals surface area contributed by atoms with Gasteiger partial charge in [-0.3, -0.25) is 0 Å². The van der Waals surface area contributed by atoms with Crippen LogP contribution in [0.5, 0.6) is 0 Å². The lowest BCUT2D eigenvalue weighted by Gasteiger charge is -2.14. The minimum atomic E-state index is -0.621. The summed E-state index contributed by atoms with van der Waals surface area (Å²) in [6, 6.07) is 2.42. The Balaban J connectivity index is 2.19. The van der Waals surface area contributed by atoms with E-state index in [-0.39, 0.29) is 17.4 Å². The molecule has 1 unspecified atom stereocenters. The highest BCUT2D eigenvalue weighted by molar-refractivity contribution is 7.99. The first-order valence-corrected chi connectivity index (χ1v) is 5.91. The van der Waals surface area contributed by atoms with Crippen molar-refractivity contribution in [3.05, 3.63) is 23.8 Å². The SMILES string of the molecule is Nc1cc(F)c(NC2CCSC2)c(F)c1. The second-order valence-corrected chi connectivity index (χ2v) is 4.71. The van der Waals surface area contributed by atoms with Crippen LogP contribution in [0.25, 0.3) is 0 Å². The number of nitrogens with one attached hydrogen (secondary N) is 1. The Bertz CT molecular complexity index is 341. The maximum atomic E-state index is 13.4. The second kappa shape index (κ2) is 4.26. The zero-order valence-corrected chi connectivity index (χ0v) is 8.91. The second-order valence-electron chi connectivity index (χ2n) is 3.56. The van der Waals surface area contributed by atoms with Crippen LogP contribution < -0.4 is 11.1 Å². The molecule has 82 valence electrons. The van der Waals surface area contributed by atoms with E-state index in [0.717, 1.165) is 30.1 Å². The molecule has 3 N–H and O–H groups in total. The Morgan fingerprint density at radius 1 is 1.33 bits per heavy atom. The Morgan fingerprint density at radius 3 is 2.53 bits per heavy atom. The average molecular weight is 230 g/mol. The van der Waals surface area contributed by atoms with Crippen molar-refractivity contribution in [3.8, 4) is 0 Å². The summed E-state index contributed by atoms with van der Waals surface area (Å²) in [5, 5.41) is 2.88. The molecule has 0 saturated carbocycles. The molecule has 2 nitrogen and oxygen atoms in total. The summed E-state index contributed by atoms with van der Waals surface area (Å²) in [6.07, 6.45) is 0.938. The van der Waals surface area contributed by atoms with Crippen LogP contribution in [-0.2, 0) is 0 Å². The molecule has 1 aromatic rings. The number of thioether (sulfide) groups is 1. The van der Waals surface area contributed by atoms with Crippen molar-refractivity contribution in [2.24, 2.45) is 0 Å². The summed E-state index contributed by atoms with van der Waals surface area (Å²) >= 11 is 1.78. The van der Waals surface area contributed by atoms with Crippen LogP contribution in [0, 0.1) is 11.6 Å². The third-order valence-corrected chi connectivity index (χ3v) is 3.51. The van der Waals surface area contributed by atoms with Gasteiger partial charge in [-0.25, -0.2) is 8.78 Å². The highest BCUT2D eigenvalue weighted by Gasteiger charge is 2.19. The van der Waals surface area contributed by atoms with Gasteiger partial charge in [0.15, 0.2) is 11.6 Å². The first-order chi connectivity index (χ1) is 7.16. The monoisotopic (exact) mass is 230 g/mol. The van der Waals surface area contributed by atoms with E-state index < -0.39 is 11.6 Å². The summed E-state index contributed by atoms with van der Waals surface area (Å²) in [4.78, 5) is 0. The molecule has 0 amide bonds. The lowest BCUT2D eigenvalue weighted by molar-refractivity contribution is 0.584. The molecule has 1 aliphatic rings. The van der Waals surface area contributed by atoms with Gasteiger partial charge in [0.1, 0.15) is 5.69 Å². The Kier molecular flexibility index (Phi) is 3.00. The van der Waals surface area contributed by atoms with E-state index in [1.807, 2.05) is 0 Å². The normalized spacial score (nSPS) is 20.5. The van der Waals surface area contributed by atoms with Crippen LogP contribution in [0.3, 0.4) is 0 Å². The highest BCUT2D eigenvalue weighted by Crippen LogP contribution is 2.26. The van der Waals surface area contributed by atoms with Crippen LogP contribution in [0.2, 0.25) is 0 Å². The fraction of sp³-hybridized carbons (Fsp3) is 0.400. The minimum Gasteiger partial charge on any atom is -0.399 e. The van der Waals surface area contributed by atoms with Gasteiger partial charge in [-0.15, -0.1) is 0 Å².